The van der Waals surface area contributed by atoms with Crippen LogP contribution in [0, 0.1) is 0 Å². The Kier molecular flexibility index (Phi) is 4.77. The molecule has 0 amide bonds. The van der Waals surface area contributed by atoms with Gasteiger partial charge in [-0.25, -0.2) is 4.79 Å². The molecule has 1 fully saturated rings. The molecule has 2 N–H and O–H groups in total. The van der Waals surface area contributed by atoms with Crippen molar-refractivity contribution in [3.05, 3.63) is 35.4 Å². The third-order valence-corrected chi connectivity index (χ3v) is 2.85. The van der Waals surface area contributed by atoms with Crippen LogP contribution in [0.5, 0.6) is 0 Å². The molecule has 1 aliphatic rings. The number of benzene rings is 1. The highest BCUT2D eigenvalue weighted by molar-refractivity contribution is 5.87. The minimum absolute atomic E-state index is 0. The number of carbonyl (C=O) groups is 1. The van der Waals surface area contributed by atoms with Crippen molar-refractivity contribution in [2.24, 2.45) is 0 Å². The number of halogens is 1. The first-order valence-electron chi connectivity index (χ1n) is 5.34. The third-order valence-electron chi connectivity index (χ3n) is 2.85. The molecule has 88 valence electrons. The summed E-state index contributed by atoms with van der Waals surface area (Å²) in [4.78, 5) is 10.8. The van der Waals surface area contributed by atoms with Crippen molar-refractivity contribution in [3.63, 3.8) is 0 Å². The highest BCUT2D eigenvalue weighted by Gasteiger charge is 2.15. The van der Waals surface area contributed by atoms with Crippen LogP contribution in [-0.2, 0) is 0 Å². The standard InChI is InChI=1S/C12H15NO2.ClH/c14-12(15)10-5-3-4-9(8-10)11-6-1-2-7-13-11;/h3-5,8,11,13H,1-2,6-7H2,(H,14,15);1H/t11-;/m0./s1. The summed E-state index contributed by atoms with van der Waals surface area (Å²) in [6, 6.07) is 7.54. The van der Waals surface area contributed by atoms with Gasteiger partial charge in [0.15, 0.2) is 0 Å². The zero-order chi connectivity index (χ0) is 10.7. The summed E-state index contributed by atoms with van der Waals surface area (Å²) in [5, 5.41) is 12.3. The summed E-state index contributed by atoms with van der Waals surface area (Å²) in [5.74, 6) is -0.854. The second kappa shape index (κ2) is 5.87. The molecule has 1 aromatic carbocycles. The fraction of sp³-hybridized carbons (Fsp3) is 0.417. The summed E-state index contributed by atoms with van der Waals surface area (Å²) in [6.45, 7) is 1.03. The molecular weight excluding hydrogens is 226 g/mol. The Hall–Kier alpha value is -1.06. The van der Waals surface area contributed by atoms with Crippen molar-refractivity contribution in [3.8, 4) is 0 Å². The maximum atomic E-state index is 10.8. The molecule has 1 atom stereocenters. The molecule has 0 bridgehead atoms. The Labute approximate surface area is 101 Å². The third kappa shape index (κ3) is 2.97. The number of hydrogen-bond donors (Lipinski definition) is 2. The quantitative estimate of drug-likeness (QED) is 0.837. The molecule has 0 spiro atoms. The molecule has 0 saturated carbocycles. The maximum Gasteiger partial charge on any atom is 0.335 e. The summed E-state index contributed by atoms with van der Waals surface area (Å²) < 4.78 is 0. The monoisotopic (exact) mass is 241 g/mol. The minimum atomic E-state index is -0.854. The van der Waals surface area contributed by atoms with Crippen LogP contribution in [0.3, 0.4) is 0 Å². The van der Waals surface area contributed by atoms with Gasteiger partial charge < -0.3 is 10.4 Å². The molecular formula is C12H16ClNO2. The number of aromatic carboxylic acids is 1. The highest BCUT2D eigenvalue weighted by Crippen LogP contribution is 2.23. The normalized spacial score (nSPS) is 19.9. The predicted molar refractivity (Wildman–Crippen MR) is 65.2 cm³/mol. The van der Waals surface area contributed by atoms with Crippen molar-refractivity contribution in [2.75, 3.05) is 6.54 Å². The lowest BCUT2D eigenvalue weighted by Crippen LogP contribution is -2.26. The van der Waals surface area contributed by atoms with E-state index in [-0.39, 0.29) is 12.4 Å². The van der Waals surface area contributed by atoms with Gasteiger partial charge in [-0.2, -0.15) is 0 Å². The molecule has 0 radical (unpaired) electrons. The molecule has 1 aromatic rings. The number of piperidine rings is 1. The summed E-state index contributed by atoms with van der Waals surface area (Å²) in [6.07, 6.45) is 3.53. The van der Waals surface area contributed by atoms with Gasteiger partial charge in [-0.15, -0.1) is 12.4 Å². The summed E-state index contributed by atoms with van der Waals surface area (Å²) in [5.41, 5.74) is 1.47. The Balaban J connectivity index is 0.00000128. The van der Waals surface area contributed by atoms with Crippen LogP contribution in [0.4, 0.5) is 0 Å². The van der Waals surface area contributed by atoms with Gasteiger partial charge in [-0.1, -0.05) is 18.6 Å². The average molecular weight is 242 g/mol. The van der Waals surface area contributed by atoms with E-state index in [4.69, 9.17) is 5.11 Å². The van der Waals surface area contributed by atoms with Gasteiger partial charge in [-0.05, 0) is 37.1 Å². The Morgan fingerprint density at radius 2 is 2.19 bits per heavy atom. The van der Waals surface area contributed by atoms with Crippen LogP contribution in [-0.4, -0.2) is 17.6 Å². The molecule has 3 nitrogen and oxygen atoms in total. The van der Waals surface area contributed by atoms with Gasteiger partial charge in [0.1, 0.15) is 0 Å². The van der Waals surface area contributed by atoms with Crippen LogP contribution in [0.2, 0.25) is 0 Å². The number of rotatable bonds is 2. The van der Waals surface area contributed by atoms with Crippen LogP contribution < -0.4 is 5.32 Å². The van der Waals surface area contributed by atoms with E-state index in [1.54, 1.807) is 12.1 Å². The van der Waals surface area contributed by atoms with E-state index < -0.39 is 5.97 Å². The lowest BCUT2D eigenvalue weighted by molar-refractivity contribution is 0.0696. The van der Waals surface area contributed by atoms with Gasteiger partial charge in [0.25, 0.3) is 0 Å². The average Bonchev–Trinajstić information content (AvgIpc) is 2.30. The smallest absolute Gasteiger partial charge is 0.335 e. The maximum absolute atomic E-state index is 10.8. The molecule has 1 heterocycles. The van der Waals surface area contributed by atoms with Crippen molar-refractivity contribution >= 4 is 18.4 Å². The number of carboxylic acids is 1. The second-order valence-corrected chi connectivity index (χ2v) is 3.93. The van der Waals surface area contributed by atoms with Gasteiger partial charge in [0, 0.05) is 6.04 Å². The van der Waals surface area contributed by atoms with Gasteiger partial charge in [-0.3, -0.25) is 0 Å². The first-order valence-corrected chi connectivity index (χ1v) is 5.34. The topological polar surface area (TPSA) is 49.3 Å². The molecule has 0 unspecified atom stereocenters. The summed E-state index contributed by atoms with van der Waals surface area (Å²) in [7, 11) is 0. The lowest BCUT2D eigenvalue weighted by Gasteiger charge is -2.23. The molecule has 2 rings (SSSR count). The van der Waals surface area contributed by atoms with Crippen molar-refractivity contribution in [1.29, 1.82) is 0 Å². The van der Waals surface area contributed by atoms with Crippen molar-refractivity contribution in [2.45, 2.75) is 25.3 Å². The number of hydrogen-bond acceptors (Lipinski definition) is 2. The van der Waals surface area contributed by atoms with E-state index in [2.05, 4.69) is 5.32 Å². The molecule has 16 heavy (non-hydrogen) atoms. The minimum Gasteiger partial charge on any atom is -0.478 e. The fourth-order valence-corrected chi connectivity index (χ4v) is 2.02. The fourth-order valence-electron chi connectivity index (χ4n) is 2.02. The Morgan fingerprint density at radius 3 is 2.81 bits per heavy atom. The first-order chi connectivity index (χ1) is 7.27. The molecule has 1 saturated heterocycles. The van der Waals surface area contributed by atoms with Crippen molar-refractivity contribution in [1.82, 2.24) is 5.32 Å². The summed E-state index contributed by atoms with van der Waals surface area (Å²) >= 11 is 0. The van der Waals surface area contributed by atoms with Crippen LogP contribution >= 0.6 is 12.4 Å². The van der Waals surface area contributed by atoms with E-state index in [0.717, 1.165) is 18.5 Å². The van der Waals surface area contributed by atoms with E-state index >= 15 is 0 Å². The zero-order valence-corrected chi connectivity index (χ0v) is 9.80. The van der Waals surface area contributed by atoms with E-state index in [1.165, 1.54) is 12.8 Å². The van der Waals surface area contributed by atoms with Crippen molar-refractivity contribution < 1.29 is 9.90 Å². The van der Waals surface area contributed by atoms with Crippen LogP contribution in [0.15, 0.2) is 24.3 Å². The second-order valence-electron chi connectivity index (χ2n) is 3.93. The number of carboxylic acid groups (broad SMARTS) is 1. The zero-order valence-electron chi connectivity index (χ0n) is 8.98. The highest BCUT2D eigenvalue weighted by atomic mass is 35.5. The largest absolute Gasteiger partial charge is 0.478 e. The molecule has 0 aromatic heterocycles. The van der Waals surface area contributed by atoms with E-state index in [0.29, 0.717) is 11.6 Å². The van der Waals surface area contributed by atoms with Crippen LogP contribution in [0.1, 0.15) is 41.2 Å². The van der Waals surface area contributed by atoms with Gasteiger partial charge >= 0.3 is 5.97 Å². The van der Waals surface area contributed by atoms with E-state index in [1.807, 2.05) is 12.1 Å². The first kappa shape index (κ1) is 13.0. The Bertz CT molecular complexity index is 362. The Morgan fingerprint density at radius 1 is 1.38 bits per heavy atom. The van der Waals surface area contributed by atoms with Gasteiger partial charge in [0.05, 0.1) is 5.56 Å². The van der Waals surface area contributed by atoms with E-state index in [9.17, 15) is 4.79 Å². The lowest BCUT2D eigenvalue weighted by atomic mass is 9.96. The number of nitrogens with one attached hydrogen (secondary N) is 1. The molecule has 1 aliphatic heterocycles. The molecule has 4 heteroatoms. The predicted octanol–water partition coefficient (Wildman–Crippen LogP) is 2.62. The molecule has 0 aliphatic carbocycles. The van der Waals surface area contributed by atoms with Crippen LogP contribution in [0.25, 0.3) is 0 Å². The SMILES string of the molecule is Cl.O=C(O)c1cccc([C@@H]2CCCCN2)c1. The van der Waals surface area contributed by atoms with Gasteiger partial charge in [0.2, 0.25) is 0 Å².